The molecule has 29 heavy (non-hydrogen) atoms. The molecule has 0 radical (unpaired) electrons. The molecule has 2 N–H and O–H groups in total. The number of aromatic nitrogens is 2. The molecule has 1 atom stereocenters. The van der Waals surface area contributed by atoms with Crippen LogP contribution in [0, 0.1) is 0 Å². The van der Waals surface area contributed by atoms with Crippen molar-refractivity contribution in [2.75, 3.05) is 5.75 Å². The number of carbonyl (C=O) groups excluding carboxylic acids is 2. The second-order valence-corrected chi connectivity index (χ2v) is 7.39. The number of nitrogens with zero attached hydrogens (tertiary/aromatic N) is 2. The van der Waals surface area contributed by atoms with E-state index in [0.717, 1.165) is 18.2 Å². The van der Waals surface area contributed by atoms with Gasteiger partial charge in [-0.2, -0.15) is 0 Å². The number of nitrogens with one attached hydrogen (secondary N) is 2. The Bertz CT molecular complexity index is 1060. The molecule has 3 aromatic rings. The monoisotopic (exact) mass is 414 g/mol. The van der Waals surface area contributed by atoms with E-state index in [1.807, 2.05) is 19.9 Å². The number of amides is 3. The zero-order chi connectivity index (χ0) is 20.8. The molecular formula is C20H22N4O4S. The van der Waals surface area contributed by atoms with Crippen LogP contribution in [0.15, 0.2) is 57.0 Å². The highest BCUT2D eigenvalue weighted by molar-refractivity contribution is 7.99. The number of fused-ring (bicyclic) bond motifs is 1. The lowest BCUT2D eigenvalue weighted by molar-refractivity contribution is -0.117. The van der Waals surface area contributed by atoms with E-state index in [4.69, 9.17) is 4.42 Å². The molecule has 0 bridgehead atoms. The van der Waals surface area contributed by atoms with E-state index in [0.29, 0.717) is 21.8 Å². The lowest BCUT2D eigenvalue weighted by Gasteiger charge is -2.18. The number of hydrogen-bond donors (Lipinski definition) is 2. The van der Waals surface area contributed by atoms with Crippen molar-refractivity contribution in [3.63, 3.8) is 0 Å². The predicted octanol–water partition coefficient (Wildman–Crippen LogP) is 3.08. The van der Waals surface area contributed by atoms with Gasteiger partial charge in [-0.05, 0) is 37.6 Å². The molecule has 0 aliphatic heterocycles. The Balaban J connectivity index is 1.68. The van der Waals surface area contributed by atoms with Gasteiger partial charge in [-0.25, -0.2) is 9.78 Å². The molecular weight excluding hydrogens is 392 g/mol. The van der Waals surface area contributed by atoms with Gasteiger partial charge in [-0.15, -0.1) is 0 Å². The van der Waals surface area contributed by atoms with Gasteiger partial charge < -0.3 is 9.73 Å². The second-order valence-electron chi connectivity index (χ2n) is 6.44. The largest absolute Gasteiger partial charge is 0.467 e. The minimum atomic E-state index is -0.613. The molecule has 3 rings (SSSR count). The van der Waals surface area contributed by atoms with Gasteiger partial charge in [0.15, 0.2) is 5.16 Å². The number of carbonyl (C=O) groups is 2. The van der Waals surface area contributed by atoms with Gasteiger partial charge in [-0.3, -0.25) is 19.5 Å². The summed E-state index contributed by atoms with van der Waals surface area (Å²) in [6, 6.07) is 9.87. The molecule has 0 unspecified atom stereocenters. The van der Waals surface area contributed by atoms with Gasteiger partial charge in [0.2, 0.25) is 5.91 Å². The summed E-state index contributed by atoms with van der Waals surface area (Å²) in [5.74, 6) is 0.0556. The van der Waals surface area contributed by atoms with Crippen LogP contribution in [0.3, 0.4) is 0 Å². The van der Waals surface area contributed by atoms with Crippen LogP contribution >= 0.6 is 11.8 Å². The number of thioether (sulfide) groups is 1. The molecule has 0 aliphatic carbocycles. The third-order valence-electron chi connectivity index (χ3n) is 4.40. The molecule has 9 heteroatoms. The van der Waals surface area contributed by atoms with Crippen LogP contribution in [0.5, 0.6) is 0 Å². The van der Waals surface area contributed by atoms with Crippen LogP contribution in [-0.4, -0.2) is 27.2 Å². The van der Waals surface area contributed by atoms with Crippen LogP contribution in [0.2, 0.25) is 0 Å². The van der Waals surface area contributed by atoms with Gasteiger partial charge in [0.05, 0.1) is 29.5 Å². The normalized spacial score (nSPS) is 11.9. The summed E-state index contributed by atoms with van der Waals surface area (Å²) in [6.07, 6.45) is 2.25. The van der Waals surface area contributed by atoms with Crippen LogP contribution in [0.4, 0.5) is 4.79 Å². The van der Waals surface area contributed by atoms with Gasteiger partial charge in [0, 0.05) is 6.04 Å². The SMILES string of the molecule is CC[C@@H](C)n1c(SCC(=O)NC(=O)NCc2ccco2)nc2ccccc2c1=O. The zero-order valence-corrected chi connectivity index (χ0v) is 17.0. The Hall–Kier alpha value is -3.07. The molecule has 8 nitrogen and oxygen atoms in total. The summed E-state index contributed by atoms with van der Waals surface area (Å²) in [6.45, 7) is 4.10. The van der Waals surface area contributed by atoms with Crippen molar-refractivity contribution >= 4 is 34.6 Å². The number of para-hydroxylation sites is 1. The number of hydrogen-bond acceptors (Lipinski definition) is 6. The molecule has 152 valence electrons. The fraction of sp³-hybridized carbons (Fsp3) is 0.300. The fourth-order valence-electron chi connectivity index (χ4n) is 2.72. The highest BCUT2D eigenvalue weighted by Crippen LogP contribution is 2.22. The van der Waals surface area contributed by atoms with Crippen LogP contribution < -0.4 is 16.2 Å². The molecule has 2 heterocycles. The van der Waals surface area contributed by atoms with E-state index in [2.05, 4.69) is 15.6 Å². The Labute approximate surface area is 171 Å². The maximum atomic E-state index is 12.9. The minimum Gasteiger partial charge on any atom is -0.467 e. The first-order chi connectivity index (χ1) is 14.0. The zero-order valence-electron chi connectivity index (χ0n) is 16.2. The van der Waals surface area contributed by atoms with E-state index < -0.39 is 11.9 Å². The lowest BCUT2D eigenvalue weighted by atomic mass is 10.2. The first-order valence-corrected chi connectivity index (χ1v) is 10.2. The number of urea groups is 1. The maximum Gasteiger partial charge on any atom is 0.321 e. The van der Waals surface area contributed by atoms with Crippen LogP contribution in [0.25, 0.3) is 10.9 Å². The van der Waals surface area contributed by atoms with Gasteiger partial charge in [0.25, 0.3) is 5.56 Å². The molecule has 2 aromatic heterocycles. The molecule has 0 aliphatic rings. The van der Waals surface area contributed by atoms with E-state index >= 15 is 0 Å². The van der Waals surface area contributed by atoms with Crippen molar-refractivity contribution < 1.29 is 14.0 Å². The molecule has 0 fully saturated rings. The minimum absolute atomic E-state index is 0.0462. The lowest BCUT2D eigenvalue weighted by Crippen LogP contribution is -2.40. The number of rotatable bonds is 7. The topological polar surface area (TPSA) is 106 Å². The standard InChI is InChI=1S/C20H22N4O4S/c1-3-13(2)24-18(26)15-8-4-5-9-16(15)22-20(24)29-12-17(25)23-19(27)21-11-14-7-6-10-28-14/h4-10,13H,3,11-12H2,1-2H3,(H2,21,23,25,27)/t13-/m1/s1. The Morgan fingerprint density at radius 2 is 2.03 bits per heavy atom. The maximum absolute atomic E-state index is 12.9. The highest BCUT2D eigenvalue weighted by Gasteiger charge is 2.17. The number of furan rings is 1. The first kappa shape index (κ1) is 20.7. The van der Waals surface area contributed by atoms with Crippen molar-refractivity contribution in [1.29, 1.82) is 0 Å². The average Bonchev–Trinajstić information content (AvgIpc) is 3.24. The average molecular weight is 414 g/mol. The van der Waals surface area contributed by atoms with E-state index in [1.165, 1.54) is 6.26 Å². The van der Waals surface area contributed by atoms with Crippen molar-refractivity contribution in [2.45, 2.75) is 38.0 Å². The number of imide groups is 1. The van der Waals surface area contributed by atoms with Crippen molar-refractivity contribution in [3.8, 4) is 0 Å². The van der Waals surface area contributed by atoms with Crippen molar-refractivity contribution in [1.82, 2.24) is 20.2 Å². The molecule has 3 amide bonds. The Morgan fingerprint density at radius 3 is 2.76 bits per heavy atom. The first-order valence-electron chi connectivity index (χ1n) is 9.23. The Morgan fingerprint density at radius 1 is 1.24 bits per heavy atom. The second kappa shape index (κ2) is 9.42. The summed E-state index contributed by atoms with van der Waals surface area (Å²) >= 11 is 1.13. The predicted molar refractivity (Wildman–Crippen MR) is 111 cm³/mol. The molecule has 0 saturated carbocycles. The smallest absolute Gasteiger partial charge is 0.321 e. The van der Waals surface area contributed by atoms with Gasteiger partial charge in [0.1, 0.15) is 5.76 Å². The van der Waals surface area contributed by atoms with Crippen molar-refractivity contribution in [3.05, 3.63) is 58.8 Å². The van der Waals surface area contributed by atoms with E-state index in [-0.39, 0.29) is 23.9 Å². The summed E-state index contributed by atoms with van der Waals surface area (Å²) in [4.78, 5) is 41.5. The fourth-order valence-corrected chi connectivity index (χ4v) is 3.61. The van der Waals surface area contributed by atoms with E-state index in [1.54, 1.807) is 34.9 Å². The highest BCUT2D eigenvalue weighted by atomic mass is 32.2. The summed E-state index contributed by atoms with van der Waals surface area (Å²) < 4.78 is 6.72. The number of benzene rings is 1. The summed E-state index contributed by atoms with van der Waals surface area (Å²) in [7, 11) is 0. The van der Waals surface area contributed by atoms with E-state index in [9.17, 15) is 14.4 Å². The third kappa shape index (κ3) is 5.05. The third-order valence-corrected chi connectivity index (χ3v) is 5.35. The van der Waals surface area contributed by atoms with Crippen LogP contribution in [-0.2, 0) is 11.3 Å². The molecule has 0 spiro atoms. The Kier molecular flexibility index (Phi) is 6.71. The molecule has 0 saturated heterocycles. The van der Waals surface area contributed by atoms with Crippen LogP contribution in [0.1, 0.15) is 32.1 Å². The quantitative estimate of drug-likeness (QED) is 0.455. The van der Waals surface area contributed by atoms with Gasteiger partial charge >= 0.3 is 6.03 Å². The molecule has 1 aromatic carbocycles. The summed E-state index contributed by atoms with van der Waals surface area (Å²) in [5, 5.41) is 5.80. The van der Waals surface area contributed by atoms with Crippen molar-refractivity contribution in [2.24, 2.45) is 0 Å². The summed E-state index contributed by atoms with van der Waals surface area (Å²) in [5.41, 5.74) is 0.445. The van der Waals surface area contributed by atoms with Gasteiger partial charge in [-0.1, -0.05) is 30.8 Å².